The second-order valence-corrected chi connectivity index (χ2v) is 4.15. The second-order valence-electron chi connectivity index (χ2n) is 3.29. The molecule has 0 amide bonds. The first-order valence-corrected chi connectivity index (χ1v) is 5.49. The predicted octanol–water partition coefficient (Wildman–Crippen LogP) is 1.46. The number of carbonyl (C=O) groups excluding carboxylic acids is 1. The van der Waals surface area contributed by atoms with Gasteiger partial charge < -0.3 is 14.6 Å². The van der Waals surface area contributed by atoms with Crippen LogP contribution in [0.1, 0.15) is 0 Å². The van der Waals surface area contributed by atoms with Gasteiger partial charge in [0, 0.05) is 6.07 Å². The van der Waals surface area contributed by atoms with Crippen LogP contribution in [-0.2, 0) is 9.53 Å². The third-order valence-electron chi connectivity index (χ3n) is 2.09. The fourth-order valence-electron chi connectivity index (χ4n) is 1.29. The number of ether oxygens (including phenoxy) is 2. The number of esters is 1. The highest BCUT2D eigenvalue weighted by Crippen LogP contribution is 2.29. The van der Waals surface area contributed by atoms with Gasteiger partial charge in [-0.3, -0.25) is 10.1 Å². The molecular weight excluding hydrogens is 310 g/mol. The molecule has 0 radical (unpaired) electrons. The van der Waals surface area contributed by atoms with Crippen molar-refractivity contribution in [2.75, 3.05) is 0 Å². The van der Waals surface area contributed by atoms with E-state index < -0.39 is 17.2 Å². The van der Waals surface area contributed by atoms with Gasteiger partial charge in [0.15, 0.2) is 0 Å². The number of nitro benzene ring substituents is 1. The summed E-state index contributed by atoms with van der Waals surface area (Å²) in [5, 5.41) is 19.8. The zero-order chi connectivity index (χ0) is 13.3. The third kappa shape index (κ3) is 2.34. The number of rotatable bonds is 3. The summed E-state index contributed by atoms with van der Waals surface area (Å²) in [6, 6.07) is 5.31. The summed E-state index contributed by atoms with van der Waals surface area (Å²) < 4.78 is 9.67. The minimum absolute atomic E-state index is 0.0407. The third-order valence-corrected chi connectivity index (χ3v) is 2.84. The Morgan fingerprint density at radius 1 is 1.50 bits per heavy atom. The summed E-state index contributed by atoms with van der Waals surface area (Å²) >= 11 is 2.94. The molecule has 0 bridgehead atoms. The van der Waals surface area contributed by atoms with E-state index in [0.29, 0.717) is 0 Å². The van der Waals surface area contributed by atoms with E-state index in [9.17, 15) is 20.0 Å². The molecule has 0 aliphatic carbocycles. The smallest absolute Gasteiger partial charge is 0.377 e. The van der Waals surface area contributed by atoms with Crippen LogP contribution in [0.5, 0.6) is 5.75 Å². The molecule has 0 fully saturated rings. The van der Waals surface area contributed by atoms with E-state index >= 15 is 0 Å². The van der Waals surface area contributed by atoms with E-state index in [1.165, 1.54) is 18.2 Å². The maximum atomic E-state index is 11.3. The Balaban J connectivity index is 2.27. The van der Waals surface area contributed by atoms with Gasteiger partial charge in [-0.25, -0.2) is 4.79 Å². The summed E-state index contributed by atoms with van der Waals surface area (Å²) in [5.74, 6) is -0.980. The van der Waals surface area contributed by atoms with Crippen molar-refractivity contribution in [2.45, 2.75) is 6.29 Å². The number of benzene rings is 1. The lowest BCUT2D eigenvalue weighted by molar-refractivity contribution is -0.384. The van der Waals surface area contributed by atoms with Crippen LogP contribution in [0.15, 0.2) is 34.5 Å². The number of non-ortho nitro benzene ring substituents is 1. The molecule has 1 N–H and O–H groups in total. The van der Waals surface area contributed by atoms with E-state index in [0.717, 1.165) is 6.07 Å². The molecule has 1 aliphatic heterocycles. The van der Waals surface area contributed by atoms with Gasteiger partial charge >= 0.3 is 5.97 Å². The summed E-state index contributed by atoms with van der Waals surface area (Å²) in [4.78, 5) is 21.3. The van der Waals surface area contributed by atoms with Crippen molar-refractivity contribution >= 4 is 27.6 Å². The summed E-state index contributed by atoms with van der Waals surface area (Å²) in [6.45, 7) is 0. The van der Waals surface area contributed by atoms with Gasteiger partial charge in [0.2, 0.25) is 12.0 Å². The number of cyclic esters (lactones) is 1. The average molecular weight is 316 g/mol. The molecule has 1 heterocycles. The first kappa shape index (κ1) is 12.5. The number of hydrogen-bond acceptors (Lipinski definition) is 6. The molecule has 1 aliphatic rings. The van der Waals surface area contributed by atoms with Crippen molar-refractivity contribution in [3.63, 3.8) is 0 Å². The van der Waals surface area contributed by atoms with Crippen molar-refractivity contribution in [2.24, 2.45) is 0 Å². The summed E-state index contributed by atoms with van der Waals surface area (Å²) in [7, 11) is 0. The number of hydrogen-bond donors (Lipinski definition) is 1. The largest absolute Gasteiger partial charge is 0.448 e. The maximum Gasteiger partial charge on any atom is 0.377 e. The topological polar surface area (TPSA) is 98.9 Å². The van der Waals surface area contributed by atoms with E-state index in [-0.39, 0.29) is 21.7 Å². The van der Waals surface area contributed by atoms with Crippen LogP contribution in [0, 0.1) is 10.1 Å². The van der Waals surface area contributed by atoms with Crippen molar-refractivity contribution in [1.29, 1.82) is 0 Å². The number of nitro groups is 1. The van der Waals surface area contributed by atoms with Crippen molar-refractivity contribution in [3.05, 3.63) is 44.6 Å². The molecule has 1 unspecified atom stereocenters. The van der Waals surface area contributed by atoms with E-state index in [1.54, 1.807) is 0 Å². The summed E-state index contributed by atoms with van der Waals surface area (Å²) in [6.07, 6.45) is -1.41. The highest BCUT2D eigenvalue weighted by molar-refractivity contribution is 9.11. The molecule has 1 aromatic rings. The van der Waals surface area contributed by atoms with Gasteiger partial charge in [-0.15, -0.1) is 0 Å². The lowest BCUT2D eigenvalue weighted by Crippen LogP contribution is -2.08. The molecule has 1 atom stereocenters. The van der Waals surface area contributed by atoms with Gasteiger partial charge in [0.25, 0.3) is 5.69 Å². The first-order valence-electron chi connectivity index (χ1n) is 4.70. The van der Waals surface area contributed by atoms with E-state index in [2.05, 4.69) is 20.7 Å². The molecule has 0 saturated heterocycles. The fourth-order valence-corrected chi connectivity index (χ4v) is 1.62. The van der Waals surface area contributed by atoms with Gasteiger partial charge in [-0.1, -0.05) is 6.07 Å². The predicted molar refractivity (Wildman–Crippen MR) is 61.8 cm³/mol. The molecule has 18 heavy (non-hydrogen) atoms. The van der Waals surface area contributed by atoms with Gasteiger partial charge in [0.1, 0.15) is 10.2 Å². The van der Waals surface area contributed by atoms with Crippen LogP contribution < -0.4 is 4.74 Å². The highest BCUT2D eigenvalue weighted by Gasteiger charge is 2.33. The Kier molecular flexibility index (Phi) is 3.30. The van der Waals surface area contributed by atoms with Gasteiger partial charge in [0.05, 0.1) is 11.0 Å². The number of aliphatic hydroxyl groups is 1. The number of carbonyl (C=O) groups is 1. The number of aliphatic hydroxyl groups excluding tert-OH is 1. The lowest BCUT2D eigenvalue weighted by Gasteiger charge is -2.03. The lowest BCUT2D eigenvalue weighted by atomic mass is 10.3. The first-order chi connectivity index (χ1) is 8.49. The number of halogens is 1. The van der Waals surface area contributed by atoms with E-state index in [1.807, 2.05) is 0 Å². The zero-order valence-electron chi connectivity index (χ0n) is 8.70. The monoisotopic (exact) mass is 315 g/mol. The fraction of sp³-hybridized carbons (Fsp3) is 0.100. The molecule has 0 aromatic heterocycles. The Labute approximate surface area is 109 Å². The minimum atomic E-state index is -1.41. The normalized spacial score (nSPS) is 18.8. The van der Waals surface area contributed by atoms with Crippen molar-refractivity contribution < 1.29 is 24.3 Å². The van der Waals surface area contributed by atoms with Crippen molar-refractivity contribution in [1.82, 2.24) is 0 Å². The molecule has 7 nitrogen and oxygen atoms in total. The standard InChI is InChI=1S/C10H6BrNO6/c11-7-8(10(14)18-9(7)13)17-6-3-1-2-5(4-6)12(15)16/h1-4,9,13H. The Hall–Kier alpha value is -1.93. The molecule has 2 rings (SSSR count). The quantitative estimate of drug-likeness (QED) is 0.515. The number of nitrogens with zero attached hydrogens (tertiary/aromatic N) is 1. The average Bonchev–Trinajstić information content (AvgIpc) is 2.56. The Morgan fingerprint density at radius 3 is 2.78 bits per heavy atom. The van der Waals surface area contributed by atoms with Crippen LogP contribution in [0.25, 0.3) is 0 Å². The second kappa shape index (κ2) is 4.75. The minimum Gasteiger partial charge on any atom is -0.448 e. The molecular formula is C10H6BrNO6. The van der Waals surface area contributed by atoms with Crippen LogP contribution in [0.3, 0.4) is 0 Å². The van der Waals surface area contributed by atoms with E-state index in [4.69, 9.17) is 4.74 Å². The Morgan fingerprint density at radius 2 is 2.22 bits per heavy atom. The molecule has 0 spiro atoms. The SMILES string of the molecule is O=C1OC(O)C(Br)=C1Oc1cccc([N+](=O)[O-])c1. The molecule has 94 valence electrons. The Bertz CT molecular complexity index is 555. The summed E-state index contributed by atoms with van der Waals surface area (Å²) in [5.41, 5.74) is -0.170. The maximum absolute atomic E-state index is 11.3. The van der Waals surface area contributed by atoms with Gasteiger partial charge in [-0.05, 0) is 22.0 Å². The molecule has 8 heteroatoms. The molecule has 0 saturated carbocycles. The van der Waals surface area contributed by atoms with Crippen LogP contribution in [0.2, 0.25) is 0 Å². The van der Waals surface area contributed by atoms with Crippen LogP contribution >= 0.6 is 15.9 Å². The van der Waals surface area contributed by atoms with Crippen molar-refractivity contribution in [3.8, 4) is 5.75 Å². The molecule has 1 aromatic carbocycles. The van der Waals surface area contributed by atoms with Crippen LogP contribution in [-0.4, -0.2) is 22.3 Å². The highest BCUT2D eigenvalue weighted by atomic mass is 79.9. The zero-order valence-corrected chi connectivity index (χ0v) is 10.3. The van der Waals surface area contributed by atoms with Crippen LogP contribution in [0.4, 0.5) is 5.69 Å². The van der Waals surface area contributed by atoms with Gasteiger partial charge in [-0.2, -0.15) is 0 Å².